The second kappa shape index (κ2) is 12.9. The second-order valence-electron chi connectivity index (χ2n) is 10.1. The summed E-state index contributed by atoms with van der Waals surface area (Å²) in [4.78, 5) is 42.2. The summed E-state index contributed by atoms with van der Waals surface area (Å²) in [5.74, 6) is -1.11. The Morgan fingerprint density at radius 1 is 1.11 bits per heavy atom. The van der Waals surface area contributed by atoms with Crippen LogP contribution in [0.15, 0.2) is 42.6 Å². The first-order chi connectivity index (χ1) is 18.4. The van der Waals surface area contributed by atoms with Crippen LogP contribution in [-0.4, -0.2) is 54.8 Å². The molecule has 1 saturated heterocycles. The number of hydrogen-bond acceptors (Lipinski definition) is 8. The van der Waals surface area contributed by atoms with E-state index in [0.29, 0.717) is 18.8 Å². The number of nitrogens with one attached hydrogen (secondary N) is 1. The number of cyclic esters (lactones) is 1. The van der Waals surface area contributed by atoms with Crippen LogP contribution in [0, 0.1) is 11.8 Å². The van der Waals surface area contributed by atoms with Gasteiger partial charge in [-0.25, -0.2) is 9.78 Å². The topological polar surface area (TPSA) is 113 Å². The molecular formula is C29H36N2O7. The lowest BCUT2D eigenvalue weighted by Gasteiger charge is -2.31. The van der Waals surface area contributed by atoms with Crippen LogP contribution >= 0.6 is 0 Å². The summed E-state index contributed by atoms with van der Waals surface area (Å²) in [6.45, 7) is 3.83. The van der Waals surface area contributed by atoms with Crippen molar-refractivity contribution < 1.29 is 33.3 Å². The number of aromatic nitrogens is 1. The molecule has 2 aliphatic rings. The summed E-state index contributed by atoms with van der Waals surface area (Å²) >= 11 is 0. The van der Waals surface area contributed by atoms with E-state index < -0.39 is 30.0 Å². The summed E-state index contributed by atoms with van der Waals surface area (Å²) in [5.41, 5.74) is 1.01. The van der Waals surface area contributed by atoms with Crippen LogP contribution in [0.1, 0.15) is 62.0 Å². The Morgan fingerprint density at radius 2 is 1.87 bits per heavy atom. The van der Waals surface area contributed by atoms with Gasteiger partial charge in [-0.3, -0.25) is 9.59 Å². The van der Waals surface area contributed by atoms with Crippen LogP contribution in [0.3, 0.4) is 0 Å². The van der Waals surface area contributed by atoms with Crippen LogP contribution in [0.4, 0.5) is 0 Å². The molecule has 2 aromatic rings. The van der Waals surface area contributed by atoms with Crippen molar-refractivity contribution in [1.29, 1.82) is 0 Å². The van der Waals surface area contributed by atoms with E-state index >= 15 is 0 Å². The Kier molecular flexibility index (Phi) is 9.33. The van der Waals surface area contributed by atoms with Gasteiger partial charge in [0.1, 0.15) is 12.1 Å². The molecule has 0 bridgehead atoms. The molecule has 1 N–H and O–H groups in total. The third-order valence-corrected chi connectivity index (χ3v) is 7.06. The van der Waals surface area contributed by atoms with Crippen molar-refractivity contribution in [3.8, 4) is 11.5 Å². The molecule has 1 aromatic carbocycles. The van der Waals surface area contributed by atoms with Crippen LogP contribution in [0.5, 0.6) is 11.5 Å². The molecule has 4 atom stereocenters. The van der Waals surface area contributed by atoms with E-state index in [1.165, 1.54) is 39.1 Å². The highest BCUT2D eigenvalue weighted by atomic mass is 16.6. The molecule has 4 rings (SSSR count). The maximum Gasteiger partial charge on any atom is 0.328 e. The van der Waals surface area contributed by atoms with Crippen LogP contribution < -0.4 is 14.8 Å². The van der Waals surface area contributed by atoms with E-state index in [9.17, 15) is 14.4 Å². The van der Waals surface area contributed by atoms with E-state index in [0.717, 1.165) is 25.0 Å². The molecule has 0 radical (unpaired) electrons. The molecule has 9 heteroatoms. The van der Waals surface area contributed by atoms with Crippen molar-refractivity contribution in [3.63, 3.8) is 0 Å². The van der Waals surface area contributed by atoms with Gasteiger partial charge in [-0.05, 0) is 56.9 Å². The molecule has 204 valence electrons. The van der Waals surface area contributed by atoms with Crippen molar-refractivity contribution in [2.75, 3.05) is 13.7 Å². The highest BCUT2D eigenvalue weighted by Crippen LogP contribution is 2.33. The molecule has 0 spiro atoms. The SMILES string of the molecule is COc1ccnc(C(=O)N[C@H]2CCC[C@H](OCC3CC3)[C@@H](Cc3ccccc3)[C@H](C)OC2=O)c1OC(C)=O. The number of carbonyl (C=O) groups is 3. The van der Waals surface area contributed by atoms with Crippen LogP contribution in [0.2, 0.25) is 0 Å². The van der Waals surface area contributed by atoms with E-state index in [2.05, 4.69) is 22.4 Å². The Labute approximate surface area is 223 Å². The number of rotatable bonds is 9. The Hall–Kier alpha value is -3.46. The van der Waals surface area contributed by atoms with Crippen molar-refractivity contribution in [1.82, 2.24) is 10.3 Å². The van der Waals surface area contributed by atoms with Gasteiger partial charge < -0.3 is 24.3 Å². The van der Waals surface area contributed by atoms with Gasteiger partial charge in [0.25, 0.3) is 5.91 Å². The van der Waals surface area contributed by atoms with E-state index in [1.54, 1.807) is 0 Å². The number of esters is 2. The van der Waals surface area contributed by atoms with Crippen LogP contribution in [-0.2, 0) is 25.5 Å². The first-order valence-corrected chi connectivity index (χ1v) is 13.2. The van der Waals surface area contributed by atoms with E-state index in [1.807, 2.05) is 25.1 Å². The molecule has 38 heavy (non-hydrogen) atoms. The largest absolute Gasteiger partial charge is 0.493 e. The first kappa shape index (κ1) is 27.6. The smallest absolute Gasteiger partial charge is 0.328 e. The quantitative estimate of drug-likeness (QED) is 0.492. The van der Waals surface area contributed by atoms with Gasteiger partial charge in [0, 0.05) is 31.7 Å². The Balaban J connectivity index is 1.51. The van der Waals surface area contributed by atoms with Gasteiger partial charge in [0.15, 0.2) is 11.4 Å². The molecule has 1 aliphatic carbocycles. The average molecular weight is 525 g/mol. The number of methoxy groups -OCH3 is 1. The highest BCUT2D eigenvalue weighted by Gasteiger charge is 2.36. The van der Waals surface area contributed by atoms with Crippen molar-refractivity contribution in [2.24, 2.45) is 11.8 Å². The summed E-state index contributed by atoms with van der Waals surface area (Å²) in [6, 6.07) is 10.7. The van der Waals surface area contributed by atoms with Crippen molar-refractivity contribution >= 4 is 17.8 Å². The van der Waals surface area contributed by atoms with E-state index in [-0.39, 0.29) is 29.2 Å². The maximum atomic E-state index is 13.3. The zero-order valence-electron chi connectivity index (χ0n) is 22.2. The number of ether oxygens (including phenoxy) is 4. The van der Waals surface area contributed by atoms with Gasteiger partial charge in [0.2, 0.25) is 5.75 Å². The third kappa shape index (κ3) is 7.31. The Morgan fingerprint density at radius 3 is 2.55 bits per heavy atom. The third-order valence-electron chi connectivity index (χ3n) is 7.06. The van der Waals surface area contributed by atoms with E-state index in [4.69, 9.17) is 18.9 Å². The molecular weight excluding hydrogens is 488 g/mol. The minimum atomic E-state index is -0.886. The molecule has 9 nitrogen and oxygen atoms in total. The lowest BCUT2D eigenvalue weighted by molar-refractivity contribution is -0.155. The number of pyridine rings is 1. The lowest BCUT2D eigenvalue weighted by Crippen LogP contribution is -2.44. The molecule has 1 aromatic heterocycles. The first-order valence-electron chi connectivity index (χ1n) is 13.2. The predicted octanol–water partition coefficient (Wildman–Crippen LogP) is 3.88. The molecule has 2 heterocycles. The molecule has 1 amide bonds. The van der Waals surface area contributed by atoms with Gasteiger partial charge in [-0.1, -0.05) is 30.3 Å². The number of benzene rings is 1. The maximum absolute atomic E-state index is 13.3. The minimum Gasteiger partial charge on any atom is -0.493 e. The fourth-order valence-electron chi connectivity index (χ4n) is 4.80. The number of nitrogens with zero attached hydrogens (tertiary/aromatic N) is 1. The summed E-state index contributed by atoms with van der Waals surface area (Å²) in [5, 5.41) is 2.74. The molecule has 1 aliphatic heterocycles. The minimum absolute atomic E-state index is 0.0230. The van der Waals surface area contributed by atoms with Gasteiger partial charge in [-0.15, -0.1) is 0 Å². The highest BCUT2D eigenvalue weighted by molar-refractivity contribution is 5.98. The zero-order chi connectivity index (χ0) is 27.1. The fourth-order valence-corrected chi connectivity index (χ4v) is 4.80. The Bertz CT molecular complexity index is 1120. The van der Waals surface area contributed by atoms with Gasteiger partial charge in [0.05, 0.1) is 13.2 Å². The monoisotopic (exact) mass is 524 g/mol. The number of carbonyl (C=O) groups excluding carboxylic acids is 3. The second-order valence-corrected chi connectivity index (χ2v) is 10.1. The predicted molar refractivity (Wildman–Crippen MR) is 139 cm³/mol. The molecule has 2 fully saturated rings. The van der Waals surface area contributed by atoms with Gasteiger partial charge in [-0.2, -0.15) is 0 Å². The van der Waals surface area contributed by atoms with Crippen molar-refractivity contribution in [2.45, 2.75) is 70.6 Å². The summed E-state index contributed by atoms with van der Waals surface area (Å²) in [6.07, 6.45) is 5.79. The lowest BCUT2D eigenvalue weighted by atomic mass is 9.87. The fraction of sp³-hybridized carbons (Fsp3) is 0.517. The summed E-state index contributed by atoms with van der Waals surface area (Å²) < 4.78 is 22.8. The average Bonchev–Trinajstić information content (AvgIpc) is 3.72. The number of hydrogen-bond donors (Lipinski definition) is 1. The summed E-state index contributed by atoms with van der Waals surface area (Å²) in [7, 11) is 1.40. The number of amides is 1. The normalized spacial score (nSPS) is 23.8. The standard InChI is InChI=1S/C29H36N2O7/c1-18-22(16-20-8-5-4-6-9-20)24(36-17-21-12-13-21)11-7-10-23(29(34)37-18)31-28(33)26-27(38-19(2)32)25(35-3)14-15-30-26/h4-6,8-9,14-15,18,21-24H,7,10-13,16-17H2,1-3H3,(H,31,33)/t18-,22-,23-,24-/m0/s1. The zero-order valence-corrected chi connectivity index (χ0v) is 22.2. The van der Waals surface area contributed by atoms with Crippen molar-refractivity contribution in [3.05, 3.63) is 53.9 Å². The molecule has 0 unspecified atom stereocenters. The van der Waals surface area contributed by atoms with Crippen LogP contribution in [0.25, 0.3) is 0 Å². The van der Waals surface area contributed by atoms with Gasteiger partial charge >= 0.3 is 11.9 Å². The molecule has 1 saturated carbocycles.